The predicted octanol–water partition coefficient (Wildman–Crippen LogP) is 2.34. The van der Waals surface area contributed by atoms with Crippen molar-refractivity contribution in [2.75, 3.05) is 20.2 Å². The van der Waals surface area contributed by atoms with Gasteiger partial charge in [-0.3, -0.25) is 0 Å². The molecule has 0 unspecified atom stereocenters. The van der Waals surface area contributed by atoms with E-state index in [1.54, 1.807) is 7.11 Å². The Labute approximate surface area is 144 Å². The summed E-state index contributed by atoms with van der Waals surface area (Å²) < 4.78 is 7.63. The first kappa shape index (κ1) is 17.3. The van der Waals surface area contributed by atoms with Crippen LogP contribution in [-0.2, 0) is 18.2 Å². The molecular formula is C18H30N4O2. The molecule has 1 aliphatic carbocycles. The number of hydrogen-bond donors (Lipinski definition) is 1. The molecule has 2 fully saturated rings. The van der Waals surface area contributed by atoms with Gasteiger partial charge in [0.05, 0.1) is 12.1 Å². The Bertz CT molecular complexity index is 545. The fourth-order valence-electron chi connectivity index (χ4n) is 4.06. The number of likely N-dealkylation sites (tertiary alicyclic amines) is 1. The third-order valence-corrected chi connectivity index (χ3v) is 5.51. The maximum Gasteiger partial charge on any atom is 0.317 e. The third kappa shape index (κ3) is 4.09. The first-order valence-corrected chi connectivity index (χ1v) is 9.22. The molecule has 1 N–H and O–H groups in total. The molecule has 134 valence electrons. The zero-order chi connectivity index (χ0) is 16.9. The third-order valence-electron chi connectivity index (χ3n) is 5.51. The van der Waals surface area contributed by atoms with E-state index in [2.05, 4.69) is 14.9 Å². The summed E-state index contributed by atoms with van der Waals surface area (Å²) in [5.41, 5.74) is 0. The number of aromatic nitrogens is 2. The van der Waals surface area contributed by atoms with Crippen LogP contribution in [0.5, 0.6) is 0 Å². The number of rotatable bonds is 4. The number of methoxy groups -OCH3 is 1. The summed E-state index contributed by atoms with van der Waals surface area (Å²) in [6.07, 6.45) is 11.6. The predicted molar refractivity (Wildman–Crippen MR) is 92.8 cm³/mol. The number of urea groups is 1. The second kappa shape index (κ2) is 8.01. The fourth-order valence-corrected chi connectivity index (χ4v) is 4.06. The Hall–Kier alpha value is -1.56. The Kier molecular flexibility index (Phi) is 5.76. The molecule has 1 aliphatic heterocycles. The zero-order valence-corrected chi connectivity index (χ0v) is 14.9. The summed E-state index contributed by atoms with van der Waals surface area (Å²) in [6.45, 7) is 1.68. The SMILES string of the molecule is CO[C@@H]1CCCC[C@H]1NC(=O)N1CCC[C@@H](Cc2nccn2C)C1. The van der Waals surface area contributed by atoms with Crippen molar-refractivity contribution in [2.24, 2.45) is 13.0 Å². The maximum atomic E-state index is 12.7. The van der Waals surface area contributed by atoms with Crippen molar-refractivity contribution >= 4 is 6.03 Å². The Morgan fingerprint density at radius 1 is 1.33 bits per heavy atom. The van der Waals surface area contributed by atoms with E-state index in [4.69, 9.17) is 4.74 Å². The fraction of sp³-hybridized carbons (Fsp3) is 0.778. The molecule has 24 heavy (non-hydrogen) atoms. The van der Waals surface area contributed by atoms with Gasteiger partial charge in [0.25, 0.3) is 0 Å². The van der Waals surface area contributed by atoms with Crippen LogP contribution in [0.15, 0.2) is 12.4 Å². The lowest BCUT2D eigenvalue weighted by molar-refractivity contribution is 0.0421. The van der Waals surface area contributed by atoms with Gasteiger partial charge in [-0.25, -0.2) is 9.78 Å². The number of nitrogens with one attached hydrogen (secondary N) is 1. The van der Waals surface area contributed by atoms with E-state index < -0.39 is 0 Å². The number of ether oxygens (including phenoxy) is 1. The highest BCUT2D eigenvalue weighted by Gasteiger charge is 2.30. The molecule has 6 nitrogen and oxygen atoms in total. The van der Waals surface area contributed by atoms with Crippen LogP contribution in [0.2, 0.25) is 0 Å². The molecule has 3 rings (SSSR count). The number of carbonyl (C=O) groups is 1. The van der Waals surface area contributed by atoms with Gasteiger partial charge in [0, 0.05) is 46.1 Å². The van der Waals surface area contributed by atoms with Crippen molar-refractivity contribution in [3.05, 3.63) is 18.2 Å². The average Bonchev–Trinajstić information content (AvgIpc) is 3.00. The van der Waals surface area contributed by atoms with Crippen LogP contribution >= 0.6 is 0 Å². The lowest BCUT2D eigenvalue weighted by Crippen LogP contribution is -2.53. The summed E-state index contributed by atoms with van der Waals surface area (Å²) in [4.78, 5) is 19.1. The molecule has 1 aromatic heterocycles. The summed E-state index contributed by atoms with van der Waals surface area (Å²) in [7, 11) is 3.78. The van der Waals surface area contributed by atoms with E-state index in [1.807, 2.05) is 24.3 Å². The van der Waals surface area contributed by atoms with Crippen LogP contribution < -0.4 is 5.32 Å². The van der Waals surface area contributed by atoms with E-state index in [-0.39, 0.29) is 18.2 Å². The first-order chi connectivity index (χ1) is 11.7. The van der Waals surface area contributed by atoms with Crippen molar-refractivity contribution in [1.29, 1.82) is 0 Å². The average molecular weight is 334 g/mol. The van der Waals surface area contributed by atoms with E-state index >= 15 is 0 Å². The standard InChI is InChI=1S/C18H30N4O2/c1-21-11-9-19-17(21)12-14-6-5-10-22(13-14)18(23)20-15-7-3-4-8-16(15)24-2/h9,11,14-16H,3-8,10,12-13H2,1-2H3,(H,20,23)/t14-,15+,16+/m0/s1. The van der Waals surface area contributed by atoms with Gasteiger partial charge in [-0.1, -0.05) is 12.8 Å². The van der Waals surface area contributed by atoms with Crippen molar-refractivity contribution in [3.8, 4) is 0 Å². The zero-order valence-electron chi connectivity index (χ0n) is 14.9. The van der Waals surface area contributed by atoms with Crippen LogP contribution in [0.1, 0.15) is 44.3 Å². The normalized spacial score (nSPS) is 27.9. The minimum Gasteiger partial charge on any atom is -0.379 e. The Balaban J connectivity index is 1.53. The van der Waals surface area contributed by atoms with Gasteiger partial charge in [-0.15, -0.1) is 0 Å². The summed E-state index contributed by atoms with van der Waals surface area (Å²) >= 11 is 0. The van der Waals surface area contributed by atoms with Gasteiger partial charge in [-0.05, 0) is 31.6 Å². The second-order valence-corrected chi connectivity index (χ2v) is 7.23. The van der Waals surface area contributed by atoms with Crippen molar-refractivity contribution in [2.45, 2.75) is 57.1 Å². The topological polar surface area (TPSA) is 59.4 Å². The largest absolute Gasteiger partial charge is 0.379 e. The highest BCUT2D eigenvalue weighted by Crippen LogP contribution is 2.23. The van der Waals surface area contributed by atoms with Crippen LogP contribution in [0.4, 0.5) is 4.79 Å². The monoisotopic (exact) mass is 334 g/mol. The lowest BCUT2D eigenvalue weighted by Gasteiger charge is -2.36. The lowest BCUT2D eigenvalue weighted by atomic mass is 9.92. The molecule has 0 aromatic carbocycles. The molecular weight excluding hydrogens is 304 g/mol. The molecule has 0 bridgehead atoms. The molecule has 0 spiro atoms. The van der Waals surface area contributed by atoms with Gasteiger partial charge >= 0.3 is 6.03 Å². The van der Waals surface area contributed by atoms with E-state index in [0.717, 1.165) is 44.6 Å². The van der Waals surface area contributed by atoms with E-state index in [1.165, 1.54) is 19.3 Å². The Morgan fingerprint density at radius 3 is 2.92 bits per heavy atom. The molecule has 2 amide bonds. The summed E-state index contributed by atoms with van der Waals surface area (Å²) in [5, 5.41) is 3.22. The van der Waals surface area contributed by atoms with Gasteiger partial charge < -0.3 is 19.5 Å². The minimum absolute atomic E-state index is 0.0773. The number of nitrogens with zero attached hydrogens (tertiary/aromatic N) is 3. The minimum atomic E-state index is 0.0773. The smallest absolute Gasteiger partial charge is 0.317 e. The van der Waals surface area contributed by atoms with Crippen LogP contribution in [0.3, 0.4) is 0 Å². The highest BCUT2D eigenvalue weighted by molar-refractivity contribution is 5.74. The van der Waals surface area contributed by atoms with Crippen molar-refractivity contribution < 1.29 is 9.53 Å². The molecule has 2 aliphatic rings. The first-order valence-electron chi connectivity index (χ1n) is 9.22. The molecule has 0 radical (unpaired) electrons. The van der Waals surface area contributed by atoms with Gasteiger partial charge in [0.15, 0.2) is 0 Å². The van der Waals surface area contributed by atoms with Gasteiger partial charge in [0.2, 0.25) is 0 Å². The molecule has 1 saturated heterocycles. The van der Waals surface area contributed by atoms with E-state index in [0.29, 0.717) is 5.92 Å². The quantitative estimate of drug-likeness (QED) is 0.919. The second-order valence-electron chi connectivity index (χ2n) is 7.23. The van der Waals surface area contributed by atoms with Crippen LogP contribution in [0.25, 0.3) is 0 Å². The molecule has 3 atom stereocenters. The highest BCUT2D eigenvalue weighted by atomic mass is 16.5. The van der Waals surface area contributed by atoms with Crippen LogP contribution in [0, 0.1) is 5.92 Å². The number of carbonyl (C=O) groups excluding carboxylic acids is 1. The Morgan fingerprint density at radius 2 is 2.17 bits per heavy atom. The molecule has 6 heteroatoms. The van der Waals surface area contributed by atoms with Crippen molar-refractivity contribution in [1.82, 2.24) is 19.8 Å². The number of piperidine rings is 1. The molecule has 1 aromatic rings. The molecule has 1 saturated carbocycles. The van der Waals surface area contributed by atoms with Gasteiger partial charge in [-0.2, -0.15) is 0 Å². The number of hydrogen-bond acceptors (Lipinski definition) is 3. The molecule has 2 heterocycles. The van der Waals surface area contributed by atoms with Crippen LogP contribution in [-0.4, -0.2) is 52.8 Å². The summed E-state index contributed by atoms with van der Waals surface area (Å²) in [5.74, 6) is 1.60. The van der Waals surface area contributed by atoms with E-state index in [9.17, 15) is 4.79 Å². The number of imidazole rings is 1. The number of amides is 2. The summed E-state index contributed by atoms with van der Waals surface area (Å²) in [6, 6.07) is 0.236. The maximum absolute atomic E-state index is 12.7. The van der Waals surface area contributed by atoms with Crippen molar-refractivity contribution in [3.63, 3.8) is 0 Å². The van der Waals surface area contributed by atoms with Gasteiger partial charge in [0.1, 0.15) is 5.82 Å². The number of aryl methyl sites for hydroxylation is 1.